The van der Waals surface area contributed by atoms with Crippen LogP contribution >= 0.6 is 0 Å². The zero-order valence-corrected chi connectivity index (χ0v) is 14.5. The second-order valence-electron chi connectivity index (χ2n) is 5.62. The summed E-state index contributed by atoms with van der Waals surface area (Å²) in [4.78, 5) is 18.3. The first kappa shape index (κ1) is 18.4. The van der Waals surface area contributed by atoms with Crippen LogP contribution in [0.3, 0.4) is 0 Å². The van der Waals surface area contributed by atoms with Crippen molar-refractivity contribution in [1.29, 1.82) is 5.26 Å². The van der Waals surface area contributed by atoms with Gasteiger partial charge < -0.3 is 15.0 Å². The first-order valence-electron chi connectivity index (χ1n) is 8.08. The quantitative estimate of drug-likeness (QED) is 0.834. The minimum atomic E-state index is -0.249. The molecule has 0 spiro atoms. The number of nitriles is 1. The van der Waals surface area contributed by atoms with Crippen LogP contribution in [0.1, 0.15) is 30.6 Å². The number of pyridine rings is 1. The molecule has 0 fully saturated rings. The number of benzene rings is 1. The predicted molar refractivity (Wildman–Crippen MR) is 95.8 cm³/mol. The summed E-state index contributed by atoms with van der Waals surface area (Å²) < 4.78 is 5.31. The van der Waals surface area contributed by atoms with E-state index in [-0.39, 0.29) is 18.6 Å². The van der Waals surface area contributed by atoms with Crippen LogP contribution in [-0.2, 0) is 11.3 Å². The van der Waals surface area contributed by atoms with Crippen molar-refractivity contribution >= 4 is 11.7 Å². The molecular formula is C19H22N4O2. The zero-order chi connectivity index (χ0) is 18.1. The van der Waals surface area contributed by atoms with Crippen molar-refractivity contribution in [3.05, 3.63) is 59.9 Å². The lowest BCUT2D eigenvalue weighted by atomic mass is 10.1. The molecule has 0 aliphatic carbocycles. The number of rotatable bonds is 7. The molecule has 0 bridgehead atoms. The van der Waals surface area contributed by atoms with Gasteiger partial charge in [0.2, 0.25) is 0 Å². The lowest BCUT2D eigenvalue weighted by molar-refractivity contribution is 0.119. The number of hydrogen-bond donors (Lipinski definition) is 1. The van der Waals surface area contributed by atoms with Crippen molar-refractivity contribution in [2.24, 2.45) is 0 Å². The fraction of sp³-hybridized carbons (Fsp3) is 0.316. The first-order valence-corrected chi connectivity index (χ1v) is 8.08. The molecule has 1 heterocycles. The standard InChI is InChI=1S/C19H22N4O2/c1-15(25-2)17-7-3-8-18(12-17)22-19(24)23(11-5-9-20)14-16-6-4-10-21-13-16/h3-4,6-8,10,12-13,15H,5,11,14H2,1-2H3,(H,22,24)/t15-/m0/s1. The van der Waals surface area contributed by atoms with Gasteiger partial charge in [0.15, 0.2) is 0 Å². The highest BCUT2D eigenvalue weighted by Gasteiger charge is 2.15. The Labute approximate surface area is 148 Å². The highest BCUT2D eigenvalue weighted by atomic mass is 16.5. The number of nitrogens with zero attached hydrogens (tertiary/aromatic N) is 3. The SMILES string of the molecule is CO[C@@H](C)c1cccc(NC(=O)N(CCC#N)Cc2cccnc2)c1. The second kappa shape index (κ2) is 9.40. The fourth-order valence-electron chi connectivity index (χ4n) is 2.36. The van der Waals surface area contributed by atoms with Crippen molar-refractivity contribution in [3.8, 4) is 6.07 Å². The molecule has 2 rings (SSSR count). The van der Waals surface area contributed by atoms with Gasteiger partial charge in [-0.25, -0.2) is 4.79 Å². The van der Waals surface area contributed by atoms with Crippen LogP contribution in [0.2, 0.25) is 0 Å². The van der Waals surface area contributed by atoms with Crippen LogP contribution in [0, 0.1) is 11.3 Å². The molecule has 6 nitrogen and oxygen atoms in total. The van der Waals surface area contributed by atoms with E-state index in [0.717, 1.165) is 11.1 Å². The lowest BCUT2D eigenvalue weighted by Gasteiger charge is -2.22. The van der Waals surface area contributed by atoms with Gasteiger partial charge in [0, 0.05) is 38.3 Å². The van der Waals surface area contributed by atoms with E-state index in [1.807, 2.05) is 43.3 Å². The summed E-state index contributed by atoms with van der Waals surface area (Å²) >= 11 is 0. The number of methoxy groups -OCH3 is 1. The molecule has 1 atom stereocenters. The molecule has 1 N–H and O–H groups in total. The number of ether oxygens (including phenoxy) is 1. The second-order valence-corrected chi connectivity index (χ2v) is 5.62. The van der Waals surface area contributed by atoms with Crippen LogP contribution in [0.25, 0.3) is 0 Å². The van der Waals surface area contributed by atoms with Gasteiger partial charge in [0.1, 0.15) is 0 Å². The molecule has 1 aromatic heterocycles. The summed E-state index contributed by atoms with van der Waals surface area (Å²) in [5, 5.41) is 11.7. The first-order chi connectivity index (χ1) is 12.1. The maximum atomic E-state index is 12.6. The Balaban J connectivity index is 2.10. The molecule has 0 unspecified atom stereocenters. The van der Waals surface area contributed by atoms with E-state index < -0.39 is 0 Å². The Morgan fingerprint density at radius 3 is 2.92 bits per heavy atom. The summed E-state index contributed by atoms with van der Waals surface area (Å²) in [6.45, 7) is 2.70. The average Bonchev–Trinajstić information content (AvgIpc) is 2.65. The minimum Gasteiger partial charge on any atom is -0.377 e. The van der Waals surface area contributed by atoms with Gasteiger partial charge >= 0.3 is 6.03 Å². The summed E-state index contributed by atoms with van der Waals surface area (Å²) in [6.07, 6.45) is 3.62. The van der Waals surface area contributed by atoms with Crippen LogP contribution in [0.4, 0.5) is 10.5 Å². The fourth-order valence-corrected chi connectivity index (χ4v) is 2.36. The van der Waals surface area contributed by atoms with E-state index in [2.05, 4.69) is 16.4 Å². The number of anilines is 1. The van der Waals surface area contributed by atoms with Gasteiger partial charge in [-0.1, -0.05) is 18.2 Å². The van der Waals surface area contributed by atoms with Crippen LogP contribution in [0.5, 0.6) is 0 Å². The third kappa shape index (κ3) is 5.59. The molecule has 2 amide bonds. The average molecular weight is 338 g/mol. The number of nitrogens with one attached hydrogen (secondary N) is 1. The largest absolute Gasteiger partial charge is 0.377 e. The number of urea groups is 1. The molecule has 0 aliphatic rings. The van der Waals surface area contributed by atoms with E-state index in [4.69, 9.17) is 10.00 Å². The summed E-state index contributed by atoms with van der Waals surface area (Å²) in [6, 6.07) is 13.1. The van der Waals surface area contributed by atoms with E-state index in [0.29, 0.717) is 18.8 Å². The molecule has 2 aromatic rings. The molecule has 0 saturated carbocycles. The zero-order valence-electron chi connectivity index (χ0n) is 14.5. The molecule has 1 aromatic carbocycles. The molecule has 6 heteroatoms. The highest BCUT2D eigenvalue weighted by molar-refractivity contribution is 5.89. The normalized spacial score (nSPS) is 11.4. The highest BCUT2D eigenvalue weighted by Crippen LogP contribution is 2.20. The van der Waals surface area contributed by atoms with Crippen LogP contribution in [-0.4, -0.2) is 29.6 Å². The maximum absolute atomic E-state index is 12.6. The van der Waals surface area contributed by atoms with Crippen molar-refractivity contribution in [2.75, 3.05) is 19.0 Å². The maximum Gasteiger partial charge on any atom is 0.322 e. The number of carbonyl (C=O) groups is 1. The van der Waals surface area contributed by atoms with Crippen molar-refractivity contribution in [3.63, 3.8) is 0 Å². The Morgan fingerprint density at radius 2 is 2.24 bits per heavy atom. The van der Waals surface area contributed by atoms with Gasteiger partial charge in [-0.15, -0.1) is 0 Å². The molecule has 0 saturated heterocycles. The topological polar surface area (TPSA) is 78.2 Å². The number of hydrogen-bond acceptors (Lipinski definition) is 4. The van der Waals surface area contributed by atoms with E-state index in [1.54, 1.807) is 24.4 Å². The summed E-state index contributed by atoms with van der Waals surface area (Å²) in [7, 11) is 1.65. The Morgan fingerprint density at radius 1 is 1.40 bits per heavy atom. The number of amides is 2. The molecule has 130 valence electrons. The third-order valence-electron chi connectivity index (χ3n) is 3.84. The van der Waals surface area contributed by atoms with Gasteiger partial charge in [-0.05, 0) is 36.2 Å². The van der Waals surface area contributed by atoms with Crippen LogP contribution in [0.15, 0.2) is 48.8 Å². The van der Waals surface area contributed by atoms with E-state index >= 15 is 0 Å². The number of aromatic nitrogens is 1. The number of carbonyl (C=O) groups excluding carboxylic acids is 1. The Hall–Kier alpha value is -2.91. The molecular weight excluding hydrogens is 316 g/mol. The van der Waals surface area contributed by atoms with Crippen molar-refractivity contribution < 1.29 is 9.53 Å². The van der Waals surface area contributed by atoms with Gasteiger partial charge in [-0.3, -0.25) is 4.98 Å². The Kier molecular flexibility index (Phi) is 6.93. The third-order valence-corrected chi connectivity index (χ3v) is 3.84. The van der Waals surface area contributed by atoms with E-state index in [9.17, 15) is 4.79 Å². The van der Waals surface area contributed by atoms with Crippen molar-refractivity contribution in [1.82, 2.24) is 9.88 Å². The summed E-state index contributed by atoms with van der Waals surface area (Å²) in [5.41, 5.74) is 2.59. The van der Waals surface area contributed by atoms with Gasteiger partial charge in [0.05, 0.1) is 18.6 Å². The monoisotopic (exact) mass is 338 g/mol. The smallest absolute Gasteiger partial charge is 0.322 e. The van der Waals surface area contributed by atoms with Crippen LogP contribution < -0.4 is 5.32 Å². The molecule has 0 radical (unpaired) electrons. The van der Waals surface area contributed by atoms with Crippen molar-refractivity contribution in [2.45, 2.75) is 26.0 Å². The lowest BCUT2D eigenvalue weighted by Crippen LogP contribution is -2.35. The summed E-state index contributed by atoms with van der Waals surface area (Å²) in [5.74, 6) is 0. The van der Waals surface area contributed by atoms with E-state index in [1.165, 1.54) is 0 Å². The van der Waals surface area contributed by atoms with Gasteiger partial charge in [-0.2, -0.15) is 5.26 Å². The van der Waals surface area contributed by atoms with Gasteiger partial charge in [0.25, 0.3) is 0 Å². The molecule has 25 heavy (non-hydrogen) atoms. The Bertz CT molecular complexity index is 728. The predicted octanol–water partition coefficient (Wildman–Crippen LogP) is 3.74. The molecule has 0 aliphatic heterocycles. The minimum absolute atomic E-state index is 0.0538.